The molecule has 0 radical (unpaired) electrons. The van der Waals surface area contributed by atoms with Crippen molar-refractivity contribution in [3.8, 4) is 0 Å². The van der Waals surface area contributed by atoms with E-state index in [1.807, 2.05) is 12.1 Å². The van der Waals surface area contributed by atoms with Crippen molar-refractivity contribution < 1.29 is 24.2 Å². The van der Waals surface area contributed by atoms with Crippen molar-refractivity contribution in [1.29, 1.82) is 0 Å². The van der Waals surface area contributed by atoms with Gasteiger partial charge in [0.1, 0.15) is 6.23 Å². The van der Waals surface area contributed by atoms with Crippen LogP contribution in [0.2, 0.25) is 0 Å². The Labute approximate surface area is 174 Å². The second-order valence-corrected chi connectivity index (χ2v) is 7.57. The van der Waals surface area contributed by atoms with E-state index >= 15 is 0 Å². The number of nitrogens with zero attached hydrogens (tertiary/aromatic N) is 2. The summed E-state index contributed by atoms with van der Waals surface area (Å²) >= 11 is 0. The highest BCUT2D eigenvalue weighted by Gasteiger charge is 2.43. The second kappa shape index (κ2) is 8.38. The lowest BCUT2D eigenvalue weighted by atomic mass is 10.0. The summed E-state index contributed by atoms with van der Waals surface area (Å²) in [6.45, 7) is 2.07. The minimum Gasteiger partial charge on any atom is -0.440 e. The van der Waals surface area contributed by atoms with Gasteiger partial charge < -0.3 is 9.84 Å². The fraction of sp³-hybridized carbons (Fsp3) is 0.348. The molecule has 2 aromatic rings. The van der Waals surface area contributed by atoms with Crippen LogP contribution in [0.3, 0.4) is 0 Å². The molecular weight excluding hydrogens is 384 g/mol. The normalized spacial score (nSPS) is 21.6. The number of carbonyl (C=O) groups excluding carboxylic acids is 3. The zero-order valence-corrected chi connectivity index (χ0v) is 16.8. The Morgan fingerprint density at radius 2 is 1.93 bits per heavy atom. The summed E-state index contributed by atoms with van der Waals surface area (Å²) in [6.07, 6.45) is 0.466. The predicted octanol–water partition coefficient (Wildman–Crippen LogP) is 2.39. The van der Waals surface area contributed by atoms with Crippen molar-refractivity contribution in [3.05, 3.63) is 70.8 Å². The van der Waals surface area contributed by atoms with Gasteiger partial charge in [-0.1, -0.05) is 43.3 Å². The summed E-state index contributed by atoms with van der Waals surface area (Å²) in [5, 5.41) is 10.8. The van der Waals surface area contributed by atoms with Gasteiger partial charge in [0.2, 0.25) is 11.8 Å². The van der Waals surface area contributed by atoms with E-state index in [-0.39, 0.29) is 12.3 Å². The maximum atomic E-state index is 13.1. The molecule has 0 aromatic heterocycles. The summed E-state index contributed by atoms with van der Waals surface area (Å²) in [5.74, 6) is -1.43. The third kappa shape index (κ3) is 3.74. The van der Waals surface area contributed by atoms with E-state index in [2.05, 4.69) is 13.0 Å². The molecule has 2 aromatic carbocycles. The number of aliphatic hydroxyl groups excluding tert-OH is 1. The first-order valence-electron chi connectivity index (χ1n) is 10.1. The molecule has 0 aliphatic carbocycles. The van der Waals surface area contributed by atoms with Crippen molar-refractivity contribution in [2.24, 2.45) is 0 Å². The molecule has 156 valence electrons. The van der Waals surface area contributed by atoms with Gasteiger partial charge >= 0.3 is 5.97 Å². The maximum absolute atomic E-state index is 13.1. The van der Waals surface area contributed by atoms with Crippen LogP contribution in [-0.2, 0) is 27.3 Å². The first-order chi connectivity index (χ1) is 14.5. The van der Waals surface area contributed by atoms with E-state index in [4.69, 9.17) is 4.74 Å². The van der Waals surface area contributed by atoms with Crippen molar-refractivity contribution >= 4 is 17.8 Å². The summed E-state index contributed by atoms with van der Waals surface area (Å²) in [4.78, 5) is 40.2. The van der Waals surface area contributed by atoms with E-state index in [0.29, 0.717) is 18.5 Å². The highest BCUT2D eigenvalue weighted by Crippen LogP contribution is 2.36. The molecular formula is C23H24N2O5. The largest absolute Gasteiger partial charge is 0.440 e. The van der Waals surface area contributed by atoms with Gasteiger partial charge in [-0.2, -0.15) is 0 Å². The lowest BCUT2D eigenvalue weighted by Gasteiger charge is -2.36. The monoisotopic (exact) mass is 408 g/mol. The van der Waals surface area contributed by atoms with E-state index in [1.165, 1.54) is 5.56 Å². The van der Waals surface area contributed by atoms with E-state index in [9.17, 15) is 19.5 Å². The molecule has 1 N–H and O–H groups in total. The third-order valence-electron chi connectivity index (χ3n) is 5.78. The topological polar surface area (TPSA) is 87.2 Å². The Morgan fingerprint density at radius 1 is 1.17 bits per heavy atom. The number of carbonyl (C=O) groups is 3. The van der Waals surface area contributed by atoms with Crippen LogP contribution in [-0.4, -0.2) is 45.5 Å². The van der Waals surface area contributed by atoms with Crippen molar-refractivity contribution in [2.45, 2.75) is 45.0 Å². The number of likely N-dealkylation sites (tertiary alicyclic amines) is 1. The second-order valence-electron chi connectivity index (χ2n) is 7.57. The minimum atomic E-state index is -0.901. The number of aryl methyl sites for hydroxylation is 1. The van der Waals surface area contributed by atoms with Crippen LogP contribution in [0.1, 0.15) is 53.0 Å². The van der Waals surface area contributed by atoms with Crippen LogP contribution >= 0.6 is 0 Å². The number of benzene rings is 2. The molecule has 30 heavy (non-hydrogen) atoms. The lowest BCUT2D eigenvalue weighted by molar-refractivity contribution is -0.161. The van der Waals surface area contributed by atoms with Crippen molar-refractivity contribution in [2.75, 3.05) is 6.73 Å². The number of piperidine rings is 1. The number of amides is 2. The molecule has 1 fully saturated rings. The van der Waals surface area contributed by atoms with Crippen LogP contribution in [0, 0.1) is 0 Å². The molecule has 2 amide bonds. The van der Waals surface area contributed by atoms with Crippen LogP contribution in [0.4, 0.5) is 0 Å². The number of fused-ring (bicyclic) bond motifs is 1. The number of rotatable bonds is 5. The molecule has 1 saturated heterocycles. The number of hydrogen-bond donors (Lipinski definition) is 1. The lowest BCUT2D eigenvalue weighted by Crippen LogP contribution is -2.54. The van der Waals surface area contributed by atoms with Crippen LogP contribution in [0.5, 0.6) is 0 Å². The predicted molar refractivity (Wildman–Crippen MR) is 108 cm³/mol. The molecule has 2 aliphatic heterocycles. The van der Waals surface area contributed by atoms with Gasteiger partial charge in [0.05, 0.1) is 11.6 Å². The molecule has 7 heteroatoms. The van der Waals surface area contributed by atoms with Gasteiger partial charge in [0.15, 0.2) is 6.73 Å². The summed E-state index contributed by atoms with van der Waals surface area (Å²) in [7, 11) is 0. The van der Waals surface area contributed by atoms with Gasteiger partial charge in [-0.15, -0.1) is 0 Å². The number of aliphatic hydroxyl groups is 1. The molecule has 2 aliphatic rings. The smallest absolute Gasteiger partial charge is 0.339 e. The maximum Gasteiger partial charge on any atom is 0.339 e. The molecule has 0 spiro atoms. The number of esters is 1. The van der Waals surface area contributed by atoms with Gasteiger partial charge in [-0.3, -0.25) is 14.5 Å². The molecule has 2 heterocycles. The number of imide groups is 1. The Morgan fingerprint density at radius 3 is 2.67 bits per heavy atom. The average molecular weight is 408 g/mol. The van der Waals surface area contributed by atoms with Crippen molar-refractivity contribution in [1.82, 2.24) is 9.80 Å². The fourth-order valence-corrected chi connectivity index (χ4v) is 4.06. The van der Waals surface area contributed by atoms with Gasteiger partial charge in [0, 0.05) is 13.0 Å². The van der Waals surface area contributed by atoms with Crippen LogP contribution < -0.4 is 0 Å². The Balaban J connectivity index is 1.46. The van der Waals surface area contributed by atoms with Crippen LogP contribution in [0.15, 0.2) is 48.5 Å². The number of ether oxygens (including phenoxy) is 1. The highest BCUT2D eigenvalue weighted by atomic mass is 16.5. The highest BCUT2D eigenvalue weighted by molar-refractivity contribution is 6.00. The minimum absolute atomic E-state index is 0.152. The number of hydrogen-bond acceptors (Lipinski definition) is 6. The van der Waals surface area contributed by atoms with E-state index in [1.54, 1.807) is 35.2 Å². The Bertz CT molecular complexity index is 975. The summed E-state index contributed by atoms with van der Waals surface area (Å²) in [6, 6.07) is 13.7. The first-order valence-corrected chi connectivity index (χ1v) is 10.1. The molecule has 7 nitrogen and oxygen atoms in total. The SMILES string of the molecule is CCc1ccc2c(c1)CN(C1CCC(=O)N(COC(=O)c3ccccc3)C1=O)C2O. The fourth-order valence-electron chi connectivity index (χ4n) is 4.06. The van der Waals surface area contributed by atoms with Crippen LogP contribution in [0.25, 0.3) is 0 Å². The molecule has 0 saturated carbocycles. The van der Waals surface area contributed by atoms with Gasteiger partial charge in [-0.25, -0.2) is 9.69 Å². The Kier molecular flexibility index (Phi) is 5.65. The molecule has 4 rings (SSSR count). The standard InChI is InChI=1S/C23H24N2O5/c1-2-15-8-9-18-17(12-15)13-24(21(18)27)19-10-11-20(26)25(22(19)28)14-30-23(29)16-6-4-3-5-7-16/h3-9,12,19,21,27H,2,10-11,13-14H2,1H3. The summed E-state index contributed by atoms with van der Waals surface area (Å²) < 4.78 is 5.20. The zero-order valence-electron chi connectivity index (χ0n) is 16.8. The first kappa shape index (κ1) is 20.3. The average Bonchev–Trinajstić information content (AvgIpc) is 3.09. The zero-order chi connectivity index (χ0) is 21.3. The molecule has 0 bridgehead atoms. The summed E-state index contributed by atoms with van der Waals surface area (Å²) in [5.41, 5.74) is 3.30. The van der Waals surface area contributed by atoms with Crippen molar-refractivity contribution in [3.63, 3.8) is 0 Å². The van der Waals surface area contributed by atoms with Gasteiger partial charge in [0.25, 0.3) is 0 Å². The molecule has 2 unspecified atom stereocenters. The van der Waals surface area contributed by atoms with E-state index in [0.717, 1.165) is 22.4 Å². The third-order valence-corrected chi connectivity index (χ3v) is 5.78. The Hall–Kier alpha value is -3.03. The molecule has 2 atom stereocenters. The quantitative estimate of drug-likeness (QED) is 0.604. The van der Waals surface area contributed by atoms with E-state index < -0.39 is 30.9 Å². The van der Waals surface area contributed by atoms with Gasteiger partial charge in [-0.05, 0) is 41.7 Å².